The molecule has 0 amide bonds. The van der Waals surface area contributed by atoms with E-state index in [1.165, 1.54) is 6.42 Å². The lowest BCUT2D eigenvalue weighted by atomic mass is 9.89. The van der Waals surface area contributed by atoms with Gasteiger partial charge in [-0.25, -0.2) is 9.97 Å². The molecule has 10 nitrogen and oxygen atoms in total. The molecule has 5 aliphatic rings. The zero-order valence-electron chi connectivity index (χ0n) is 27.5. The van der Waals surface area contributed by atoms with Crippen LogP contribution in [0.4, 0.5) is 13.2 Å². The van der Waals surface area contributed by atoms with E-state index in [1.54, 1.807) is 12.4 Å². The van der Waals surface area contributed by atoms with Crippen molar-refractivity contribution < 1.29 is 17.9 Å². The second kappa shape index (κ2) is 13.7. The molecule has 1 saturated carbocycles. The standard InChI is InChI=1S/C33H50F3N9OS/c1-31(2)16-22-6-8-25(24-17-37-21-38-18-24)40-26-4-3-5-29(41-26)47-39-19-23-7-9-27(42-30(23)44(31)20-22)45-14-10-28(43-45)46-15-13-32(11-12-32)33(34,35)36/h10,14,17-18,21-23,25-27,29-30,39-42H,3-9,11-13,15-16,19-20H2,1-2H3/t22-,23?,25?,26?,27?,29?,30?/m0/s1. The lowest BCUT2D eigenvalue weighted by Gasteiger charge is -2.47. The Balaban J connectivity index is 1.05. The van der Waals surface area contributed by atoms with Crippen molar-refractivity contribution in [1.29, 1.82) is 0 Å². The highest BCUT2D eigenvalue weighted by atomic mass is 32.2. The van der Waals surface area contributed by atoms with E-state index in [4.69, 9.17) is 4.74 Å². The highest BCUT2D eigenvalue weighted by Crippen LogP contribution is 2.59. The minimum atomic E-state index is -4.16. The van der Waals surface area contributed by atoms with Crippen LogP contribution in [0, 0.1) is 17.3 Å². The van der Waals surface area contributed by atoms with Crippen LogP contribution in [0.25, 0.3) is 0 Å². The molecule has 0 radical (unpaired) electrons. The average Bonchev–Trinajstić information content (AvgIpc) is 3.60. The summed E-state index contributed by atoms with van der Waals surface area (Å²) in [7, 11) is 0. The number of halogens is 3. The van der Waals surface area contributed by atoms with Crippen molar-refractivity contribution in [3.63, 3.8) is 0 Å². The lowest BCUT2D eigenvalue weighted by molar-refractivity contribution is -0.190. The van der Waals surface area contributed by atoms with Gasteiger partial charge in [0.15, 0.2) is 0 Å². The van der Waals surface area contributed by atoms with Gasteiger partial charge in [0, 0.05) is 60.8 Å². The maximum Gasteiger partial charge on any atom is 0.394 e. The first kappa shape index (κ1) is 33.5. The summed E-state index contributed by atoms with van der Waals surface area (Å²) >= 11 is 1.82. The van der Waals surface area contributed by atoms with Crippen LogP contribution >= 0.6 is 11.9 Å². The van der Waals surface area contributed by atoms with E-state index in [2.05, 4.69) is 54.5 Å². The highest BCUT2D eigenvalue weighted by Gasteiger charge is 2.62. The molecule has 7 unspecified atom stereocenters. The molecule has 47 heavy (non-hydrogen) atoms. The van der Waals surface area contributed by atoms with Gasteiger partial charge in [0.2, 0.25) is 5.88 Å². The van der Waals surface area contributed by atoms with Crippen molar-refractivity contribution in [2.45, 2.75) is 126 Å². The van der Waals surface area contributed by atoms with E-state index in [9.17, 15) is 13.2 Å². The fourth-order valence-electron chi connectivity index (χ4n) is 8.42. The lowest BCUT2D eigenvalue weighted by Crippen LogP contribution is -2.60. The van der Waals surface area contributed by atoms with Crippen molar-refractivity contribution in [3.8, 4) is 5.88 Å². The van der Waals surface area contributed by atoms with Gasteiger partial charge in [-0.2, -0.15) is 13.2 Å². The van der Waals surface area contributed by atoms with Gasteiger partial charge in [0.05, 0.1) is 29.7 Å². The summed E-state index contributed by atoms with van der Waals surface area (Å²) in [5.74, 6) is 1.37. The molecule has 8 atom stereocenters. The first-order valence-corrected chi connectivity index (χ1v) is 18.4. The highest BCUT2D eigenvalue weighted by molar-refractivity contribution is 7.98. The van der Waals surface area contributed by atoms with Crippen LogP contribution in [-0.2, 0) is 0 Å². The van der Waals surface area contributed by atoms with Crippen molar-refractivity contribution in [1.82, 2.24) is 45.3 Å². The van der Waals surface area contributed by atoms with Crippen molar-refractivity contribution in [2.24, 2.45) is 17.3 Å². The number of rotatable bonds is 6. The Kier molecular flexibility index (Phi) is 9.80. The number of piperidine rings is 2. The first-order valence-electron chi connectivity index (χ1n) is 17.5. The van der Waals surface area contributed by atoms with Gasteiger partial charge in [-0.15, -0.1) is 5.10 Å². The fourth-order valence-corrected chi connectivity index (χ4v) is 9.45. The summed E-state index contributed by atoms with van der Waals surface area (Å²) < 4.78 is 51.5. The SMILES string of the molecule is CC1(C)C[C@@H]2CCC(c3cncnc3)NC3CCCC(N3)SNCC3CCC(n4ccc(OCCC5(C(F)(F)F)CC5)n4)NC3N1C2. The minimum Gasteiger partial charge on any atom is -0.477 e. The summed E-state index contributed by atoms with van der Waals surface area (Å²) in [6.45, 7) is 6.71. The number of fused-ring (bicyclic) bond motifs is 6. The van der Waals surface area contributed by atoms with Gasteiger partial charge < -0.3 is 4.74 Å². The van der Waals surface area contributed by atoms with E-state index >= 15 is 0 Å². The zero-order chi connectivity index (χ0) is 32.6. The van der Waals surface area contributed by atoms with E-state index in [0.717, 1.165) is 63.6 Å². The number of aromatic nitrogens is 4. The molecule has 2 aromatic rings. The minimum absolute atomic E-state index is 0.0159. The molecule has 4 aliphatic heterocycles. The monoisotopic (exact) mass is 677 g/mol. The van der Waals surface area contributed by atoms with Crippen LogP contribution in [0.15, 0.2) is 31.0 Å². The molecular weight excluding hydrogens is 627 g/mol. The molecule has 1 aliphatic carbocycles. The third kappa shape index (κ3) is 7.62. The third-order valence-electron chi connectivity index (χ3n) is 11.3. The zero-order valence-corrected chi connectivity index (χ0v) is 28.3. The van der Waals surface area contributed by atoms with Crippen LogP contribution in [-0.4, -0.2) is 73.8 Å². The van der Waals surface area contributed by atoms with Crippen LogP contribution in [0.3, 0.4) is 0 Å². The second-order valence-corrected chi connectivity index (χ2v) is 16.2. The topological polar surface area (TPSA) is 104 Å². The molecule has 4 saturated heterocycles. The summed E-state index contributed by atoms with van der Waals surface area (Å²) in [5, 5.41) is 16.8. The molecule has 260 valence electrons. The van der Waals surface area contributed by atoms with Crippen LogP contribution in [0.1, 0.15) is 102 Å². The van der Waals surface area contributed by atoms with Crippen molar-refractivity contribution in [2.75, 3.05) is 19.7 Å². The Morgan fingerprint density at radius 2 is 1.85 bits per heavy atom. The van der Waals surface area contributed by atoms with E-state index in [0.29, 0.717) is 23.1 Å². The molecule has 0 aromatic carbocycles. The smallest absolute Gasteiger partial charge is 0.394 e. The van der Waals surface area contributed by atoms with Crippen molar-refractivity contribution in [3.05, 3.63) is 36.5 Å². The van der Waals surface area contributed by atoms with Crippen LogP contribution < -0.4 is 25.4 Å². The van der Waals surface area contributed by atoms with Gasteiger partial charge in [0.25, 0.3) is 0 Å². The summed E-state index contributed by atoms with van der Waals surface area (Å²) in [4.78, 5) is 11.4. The average molecular weight is 678 g/mol. The number of hydrogen-bond acceptors (Lipinski definition) is 10. The quantitative estimate of drug-likeness (QED) is 0.293. The maximum atomic E-state index is 13.4. The Hall–Kier alpha value is -1.97. The Morgan fingerprint density at radius 3 is 2.64 bits per heavy atom. The van der Waals surface area contributed by atoms with E-state index < -0.39 is 11.6 Å². The maximum absolute atomic E-state index is 13.4. The summed E-state index contributed by atoms with van der Waals surface area (Å²) in [6.07, 6.45) is 12.7. The Labute approximate surface area is 280 Å². The number of nitrogens with zero attached hydrogens (tertiary/aromatic N) is 5. The number of hydrogen-bond donors (Lipinski definition) is 4. The molecule has 5 fully saturated rings. The molecule has 7 rings (SSSR count). The van der Waals surface area contributed by atoms with E-state index in [-0.39, 0.29) is 55.9 Å². The molecule has 4 bridgehead atoms. The molecule has 4 N–H and O–H groups in total. The summed E-state index contributed by atoms with van der Waals surface area (Å²) in [5.41, 5.74) is -0.387. The van der Waals surface area contributed by atoms with Crippen molar-refractivity contribution >= 4 is 11.9 Å². The first-order chi connectivity index (χ1) is 22.6. The van der Waals surface area contributed by atoms with Crippen LogP contribution in [0.5, 0.6) is 5.88 Å². The molecule has 14 heteroatoms. The van der Waals surface area contributed by atoms with Gasteiger partial charge in [-0.05, 0) is 90.4 Å². The number of alkyl halides is 3. The Morgan fingerprint density at radius 1 is 1.02 bits per heavy atom. The van der Waals surface area contributed by atoms with Gasteiger partial charge >= 0.3 is 6.18 Å². The van der Waals surface area contributed by atoms with Gasteiger partial charge in [-0.3, -0.25) is 30.3 Å². The molecule has 0 spiro atoms. The van der Waals surface area contributed by atoms with Crippen LogP contribution in [0.2, 0.25) is 0 Å². The molecular formula is C33H50F3N9OS. The Bertz CT molecular complexity index is 1330. The molecule has 6 heterocycles. The van der Waals surface area contributed by atoms with E-state index in [1.807, 2.05) is 35.2 Å². The third-order valence-corrected chi connectivity index (χ3v) is 12.3. The molecule has 2 aromatic heterocycles. The normalized spacial score (nSPS) is 35.7. The number of nitrogens with one attached hydrogen (secondary N) is 4. The largest absolute Gasteiger partial charge is 0.477 e. The van der Waals surface area contributed by atoms with Gasteiger partial charge in [0.1, 0.15) is 12.5 Å². The summed E-state index contributed by atoms with van der Waals surface area (Å²) in [6, 6.07) is 1.97. The number of ether oxygens (including phenoxy) is 1. The predicted molar refractivity (Wildman–Crippen MR) is 175 cm³/mol. The fraction of sp³-hybridized carbons (Fsp3) is 0.788. The predicted octanol–water partition coefficient (Wildman–Crippen LogP) is 5.50. The van der Waals surface area contributed by atoms with Gasteiger partial charge in [-0.1, -0.05) is 11.9 Å². The second-order valence-electron chi connectivity index (χ2n) is 15.1.